The zero-order chi connectivity index (χ0) is 23.9. The minimum atomic E-state index is -4.50. The Balaban J connectivity index is 1.33. The molecule has 3 aromatic carbocycles. The molecule has 1 N–H and O–H groups in total. The summed E-state index contributed by atoms with van der Waals surface area (Å²) in [5, 5.41) is 2.68. The number of fused-ring (bicyclic) bond motifs is 1. The minimum absolute atomic E-state index is 0.0154. The number of oxazole rings is 1. The van der Waals surface area contributed by atoms with Crippen molar-refractivity contribution < 1.29 is 26.8 Å². The number of nitrogens with one attached hydrogen (secondary N) is 1. The minimum Gasteiger partial charge on any atom is -0.423 e. The molecule has 0 saturated heterocycles. The van der Waals surface area contributed by atoms with Gasteiger partial charge in [-0.15, -0.1) is 0 Å². The second-order valence-electron chi connectivity index (χ2n) is 8.44. The molecule has 5 rings (SSSR count). The Labute approximate surface area is 192 Å². The number of benzene rings is 3. The first-order valence-electron chi connectivity index (χ1n) is 11.0. The number of rotatable bonds is 5. The van der Waals surface area contributed by atoms with Gasteiger partial charge in [-0.25, -0.2) is 4.39 Å². The third-order valence-corrected chi connectivity index (χ3v) is 6.15. The quantitative estimate of drug-likeness (QED) is 0.240. The molecule has 0 unspecified atom stereocenters. The smallest absolute Gasteiger partial charge is 0.416 e. The number of carbonyl (C=O) groups excluding carboxylic acids is 1. The second kappa shape index (κ2) is 8.59. The molecule has 0 bridgehead atoms. The first kappa shape index (κ1) is 22.1. The molecular weight excluding hydrogens is 448 g/mol. The molecule has 34 heavy (non-hydrogen) atoms. The van der Waals surface area contributed by atoms with Crippen molar-refractivity contribution in [2.45, 2.75) is 31.9 Å². The number of aromatic nitrogens is 1. The van der Waals surface area contributed by atoms with Gasteiger partial charge in [0.2, 0.25) is 0 Å². The van der Waals surface area contributed by atoms with Crippen LogP contribution in [0.5, 0.6) is 0 Å². The maximum absolute atomic E-state index is 14.8. The fourth-order valence-electron chi connectivity index (χ4n) is 4.32. The van der Waals surface area contributed by atoms with E-state index in [2.05, 4.69) is 10.3 Å². The van der Waals surface area contributed by atoms with Gasteiger partial charge >= 0.3 is 6.18 Å². The summed E-state index contributed by atoms with van der Waals surface area (Å²) < 4.78 is 58.8. The maximum atomic E-state index is 14.8. The molecule has 1 heterocycles. The predicted octanol–water partition coefficient (Wildman–Crippen LogP) is 7.77. The Morgan fingerprint density at radius 1 is 0.941 bits per heavy atom. The number of Topliss-reactive ketones (excluding diaryl/α,β-unsaturated/α-hetero) is 1. The Morgan fingerprint density at radius 2 is 1.65 bits per heavy atom. The van der Waals surface area contributed by atoms with Crippen LogP contribution in [-0.4, -0.2) is 10.8 Å². The standard InChI is InChI=1S/C26H20F4N2O2/c27-20-13-18(15-5-7-17(8-6-15)24(33)16-3-1-2-4-16)9-11-21(20)31-25-32-22-14-19(26(28,29)30)10-12-23(22)34-25/h5-14,16H,1-4H2,(H,31,32). The van der Waals surface area contributed by atoms with Gasteiger partial charge in [-0.05, 0) is 54.3 Å². The van der Waals surface area contributed by atoms with Gasteiger partial charge in [0.05, 0.1) is 11.3 Å². The Hall–Kier alpha value is -3.68. The molecule has 0 spiro atoms. The van der Waals surface area contributed by atoms with E-state index in [4.69, 9.17) is 4.42 Å². The number of halogens is 4. The normalized spacial score (nSPS) is 14.6. The van der Waals surface area contributed by atoms with Crippen LogP contribution >= 0.6 is 0 Å². The van der Waals surface area contributed by atoms with Gasteiger partial charge in [-0.3, -0.25) is 4.79 Å². The highest BCUT2D eigenvalue weighted by atomic mass is 19.4. The fourth-order valence-corrected chi connectivity index (χ4v) is 4.32. The van der Waals surface area contributed by atoms with Gasteiger partial charge in [0.25, 0.3) is 6.01 Å². The van der Waals surface area contributed by atoms with Crippen molar-refractivity contribution >= 4 is 28.6 Å². The lowest BCUT2D eigenvalue weighted by molar-refractivity contribution is -0.137. The molecule has 4 nitrogen and oxygen atoms in total. The van der Waals surface area contributed by atoms with Crippen molar-refractivity contribution in [2.75, 3.05) is 5.32 Å². The first-order chi connectivity index (χ1) is 16.3. The van der Waals surface area contributed by atoms with Crippen molar-refractivity contribution in [2.24, 2.45) is 5.92 Å². The SMILES string of the molecule is O=C(c1ccc(-c2ccc(Nc3nc4cc(C(F)(F)F)ccc4o3)c(F)c2)cc1)C1CCCC1. The molecule has 1 fully saturated rings. The summed E-state index contributed by atoms with van der Waals surface area (Å²) in [4.78, 5) is 16.5. The summed E-state index contributed by atoms with van der Waals surface area (Å²) in [6.07, 6.45) is -0.447. The Kier molecular flexibility index (Phi) is 5.59. The number of ketones is 1. The van der Waals surface area contributed by atoms with E-state index in [1.54, 1.807) is 30.3 Å². The highest BCUT2D eigenvalue weighted by molar-refractivity contribution is 5.98. The van der Waals surface area contributed by atoms with Crippen molar-refractivity contribution in [3.63, 3.8) is 0 Å². The summed E-state index contributed by atoms with van der Waals surface area (Å²) in [6.45, 7) is 0. The van der Waals surface area contributed by atoms with E-state index in [9.17, 15) is 22.4 Å². The number of carbonyl (C=O) groups is 1. The highest BCUT2D eigenvalue weighted by Crippen LogP contribution is 2.33. The molecule has 8 heteroatoms. The van der Waals surface area contributed by atoms with E-state index in [0.717, 1.165) is 43.4 Å². The third kappa shape index (κ3) is 4.40. The number of hydrogen-bond acceptors (Lipinski definition) is 4. The second-order valence-corrected chi connectivity index (χ2v) is 8.44. The van der Waals surface area contributed by atoms with Crippen molar-refractivity contribution in [3.05, 3.63) is 77.6 Å². The molecule has 1 saturated carbocycles. The van der Waals surface area contributed by atoms with E-state index in [0.29, 0.717) is 11.1 Å². The van der Waals surface area contributed by atoms with Crippen LogP contribution in [0.4, 0.5) is 29.3 Å². The number of alkyl halides is 3. The summed E-state index contributed by atoms with van der Waals surface area (Å²) >= 11 is 0. The van der Waals surface area contributed by atoms with E-state index < -0.39 is 17.6 Å². The van der Waals surface area contributed by atoms with Crippen LogP contribution in [0.15, 0.2) is 65.1 Å². The Bertz CT molecular complexity index is 1350. The van der Waals surface area contributed by atoms with Gasteiger partial charge in [0.1, 0.15) is 11.3 Å². The van der Waals surface area contributed by atoms with Crippen molar-refractivity contribution in [3.8, 4) is 11.1 Å². The van der Waals surface area contributed by atoms with Crippen LogP contribution < -0.4 is 5.32 Å². The largest absolute Gasteiger partial charge is 0.423 e. The topological polar surface area (TPSA) is 55.1 Å². The third-order valence-electron chi connectivity index (χ3n) is 6.15. The molecule has 0 atom stereocenters. The summed E-state index contributed by atoms with van der Waals surface area (Å²) in [5.41, 5.74) is 1.44. The lowest BCUT2D eigenvalue weighted by atomic mass is 9.94. The molecule has 0 amide bonds. The van der Waals surface area contributed by atoms with Gasteiger partial charge in [-0.1, -0.05) is 43.2 Å². The highest BCUT2D eigenvalue weighted by Gasteiger charge is 2.31. The Morgan fingerprint density at radius 3 is 2.32 bits per heavy atom. The van der Waals surface area contributed by atoms with E-state index in [-0.39, 0.29) is 34.5 Å². The molecule has 174 valence electrons. The van der Waals surface area contributed by atoms with Gasteiger partial charge in [0.15, 0.2) is 11.4 Å². The summed E-state index contributed by atoms with van der Waals surface area (Å²) in [6, 6.07) is 14.5. The average Bonchev–Trinajstić information content (AvgIpc) is 3.49. The zero-order valence-corrected chi connectivity index (χ0v) is 18.0. The van der Waals surface area contributed by atoms with Crippen molar-refractivity contribution in [1.29, 1.82) is 0 Å². The number of anilines is 2. The van der Waals surface area contributed by atoms with Crippen LogP contribution in [0.25, 0.3) is 22.2 Å². The molecular formula is C26H20F4N2O2. The summed E-state index contributed by atoms with van der Waals surface area (Å²) in [5.74, 6) is -0.321. The maximum Gasteiger partial charge on any atom is 0.416 e. The van der Waals surface area contributed by atoms with E-state index in [1.165, 1.54) is 18.2 Å². The first-order valence-corrected chi connectivity index (χ1v) is 11.0. The van der Waals surface area contributed by atoms with Crippen LogP contribution in [0.2, 0.25) is 0 Å². The predicted molar refractivity (Wildman–Crippen MR) is 120 cm³/mol. The molecule has 1 aliphatic carbocycles. The average molecular weight is 468 g/mol. The lowest BCUT2D eigenvalue weighted by Crippen LogP contribution is -2.10. The van der Waals surface area contributed by atoms with Gasteiger partial charge < -0.3 is 9.73 Å². The van der Waals surface area contributed by atoms with Crippen LogP contribution in [0, 0.1) is 11.7 Å². The van der Waals surface area contributed by atoms with Crippen LogP contribution in [0.3, 0.4) is 0 Å². The van der Waals surface area contributed by atoms with E-state index >= 15 is 0 Å². The summed E-state index contributed by atoms with van der Waals surface area (Å²) in [7, 11) is 0. The number of nitrogens with zero attached hydrogens (tertiary/aromatic N) is 1. The molecule has 0 aliphatic heterocycles. The molecule has 1 aromatic heterocycles. The molecule has 0 radical (unpaired) electrons. The molecule has 4 aromatic rings. The van der Waals surface area contributed by atoms with Crippen molar-refractivity contribution in [1.82, 2.24) is 4.98 Å². The van der Waals surface area contributed by atoms with Gasteiger partial charge in [-0.2, -0.15) is 18.2 Å². The molecule has 1 aliphatic rings. The fraction of sp³-hybridized carbons (Fsp3) is 0.231. The van der Waals surface area contributed by atoms with Crippen LogP contribution in [-0.2, 0) is 6.18 Å². The monoisotopic (exact) mass is 468 g/mol. The zero-order valence-electron chi connectivity index (χ0n) is 18.0. The number of hydrogen-bond donors (Lipinski definition) is 1. The van der Waals surface area contributed by atoms with Gasteiger partial charge in [0, 0.05) is 11.5 Å². The van der Waals surface area contributed by atoms with Crippen LogP contribution in [0.1, 0.15) is 41.6 Å². The van der Waals surface area contributed by atoms with E-state index in [1.807, 2.05) is 0 Å². The lowest BCUT2D eigenvalue weighted by Gasteiger charge is -2.10.